The molecule has 0 spiro atoms. The molecular weight excluding hydrogens is 387 g/mol. The monoisotopic (exact) mass is 410 g/mol. The second-order valence-electron chi connectivity index (χ2n) is 7.14. The van der Waals surface area contributed by atoms with Gasteiger partial charge in [0, 0.05) is 37.6 Å². The Kier molecular flexibility index (Phi) is 5.62. The third-order valence-electron chi connectivity index (χ3n) is 4.97. The lowest BCUT2D eigenvalue weighted by Crippen LogP contribution is -2.45. The molecule has 9 heteroatoms. The number of nitrogens with zero attached hydrogens (tertiary/aromatic N) is 4. The van der Waals surface area contributed by atoms with E-state index >= 15 is 0 Å². The summed E-state index contributed by atoms with van der Waals surface area (Å²) in [5.41, 5.74) is 2.40. The van der Waals surface area contributed by atoms with Gasteiger partial charge in [0.2, 0.25) is 0 Å². The number of amides is 2. The maximum absolute atomic E-state index is 13.0. The first-order chi connectivity index (χ1) is 14.5. The first-order valence-electron chi connectivity index (χ1n) is 9.65. The maximum Gasteiger partial charge on any atom is 0.323 e. The number of piperazine rings is 1. The smallest absolute Gasteiger partial charge is 0.323 e. The number of aromatic nitrogens is 2. The number of ether oxygens (including phenoxy) is 1. The first-order valence-corrected chi connectivity index (χ1v) is 9.65. The number of halogens is 1. The number of nitrogens with one attached hydrogen (secondary N) is 2. The predicted molar refractivity (Wildman–Crippen MR) is 115 cm³/mol. The van der Waals surface area contributed by atoms with E-state index in [0.29, 0.717) is 34.1 Å². The SMILES string of the molecule is COc1nc2ccc(NC(=O)Nc3ccc(F)cc3)cc2nc1N1CCN(C)CC1. The van der Waals surface area contributed by atoms with Crippen molar-refractivity contribution in [2.24, 2.45) is 0 Å². The summed E-state index contributed by atoms with van der Waals surface area (Å²) >= 11 is 0. The Hall–Kier alpha value is -3.46. The Balaban J connectivity index is 1.55. The van der Waals surface area contributed by atoms with Crippen LogP contribution < -0.4 is 20.3 Å². The van der Waals surface area contributed by atoms with Gasteiger partial charge in [0.1, 0.15) is 5.82 Å². The Morgan fingerprint density at radius 2 is 1.63 bits per heavy atom. The lowest BCUT2D eigenvalue weighted by molar-refractivity contribution is 0.262. The summed E-state index contributed by atoms with van der Waals surface area (Å²) in [5.74, 6) is 0.827. The van der Waals surface area contributed by atoms with Crippen molar-refractivity contribution in [2.75, 3.05) is 55.9 Å². The van der Waals surface area contributed by atoms with E-state index in [4.69, 9.17) is 9.72 Å². The fourth-order valence-electron chi connectivity index (χ4n) is 3.29. The largest absolute Gasteiger partial charge is 0.478 e. The average molecular weight is 410 g/mol. The van der Waals surface area contributed by atoms with E-state index < -0.39 is 6.03 Å². The molecule has 1 aromatic heterocycles. The molecule has 30 heavy (non-hydrogen) atoms. The average Bonchev–Trinajstić information content (AvgIpc) is 2.75. The summed E-state index contributed by atoms with van der Waals surface area (Å²) in [5, 5.41) is 5.43. The van der Waals surface area contributed by atoms with E-state index in [-0.39, 0.29) is 5.82 Å². The minimum absolute atomic E-state index is 0.361. The molecule has 2 N–H and O–H groups in total. The van der Waals surface area contributed by atoms with Crippen molar-refractivity contribution >= 4 is 34.3 Å². The zero-order valence-corrected chi connectivity index (χ0v) is 16.9. The number of hydrogen-bond donors (Lipinski definition) is 2. The summed E-state index contributed by atoms with van der Waals surface area (Å²) in [6.07, 6.45) is 0. The molecule has 156 valence electrons. The van der Waals surface area contributed by atoms with Crippen molar-refractivity contribution in [2.45, 2.75) is 0 Å². The van der Waals surface area contributed by atoms with E-state index in [1.807, 2.05) is 0 Å². The first kappa shape index (κ1) is 19.8. The summed E-state index contributed by atoms with van der Waals surface area (Å²) in [6, 6.07) is 10.4. The van der Waals surface area contributed by atoms with Gasteiger partial charge in [-0.05, 0) is 49.5 Å². The molecule has 0 unspecified atom stereocenters. The van der Waals surface area contributed by atoms with Crippen LogP contribution in [0, 0.1) is 5.82 Å². The number of anilines is 3. The molecule has 3 aromatic rings. The van der Waals surface area contributed by atoms with Gasteiger partial charge >= 0.3 is 6.03 Å². The van der Waals surface area contributed by atoms with Crippen LogP contribution in [-0.2, 0) is 0 Å². The molecule has 1 aliphatic rings. The Bertz CT molecular complexity index is 1050. The molecule has 1 fully saturated rings. The molecule has 1 aliphatic heterocycles. The van der Waals surface area contributed by atoms with E-state index in [1.165, 1.54) is 24.3 Å². The van der Waals surface area contributed by atoms with Gasteiger partial charge < -0.3 is 25.2 Å². The molecule has 4 rings (SSSR count). The van der Waals surface area contributed by atoms with Gasteiger partial charge in [0.15, 0.2) is 5.82 Å². The second-order valence-corrected chi connectivity index (χ2v) is 7.14. The minimum atomic E-state index is -0.429. The highest BCUT2D eigenvalue weighted by molar-refractivity contribution is 6.00. The topological polar surface area (TPSA) is 82.6 Å². The van der Waals surface area contributed by atoms with Crippen LogP contribution in [0.15, 0.2) is 42.5 Å². The molecule has 0 aliphatic carbocycles. The predicted octanol–water partition coefficient (Wildman–Crippen LogP) is 3.17. The van der Waals surface area contributed by atoms with Crippen molar-refractivity contribution in [1.82, 2.24) is 14.9 Å². The number of benzene rings is 2. The zero-order chi connectivity index (χ0) is 21.1. The zero-order valence-electron chi connectivity index (χ0n) is 16.9. The Morgan fingerprint density at radius 1 is 0.967 bits per heavy atom. The number of carbonyl (C=O) groups excluding carboxylic acids is 1. The van der Waals surface area contributed by atoms with Crippen LogP contribution in [-0.4, -0.2) is 61.2 Å². The van der Waals surface area contributed by atoms with Crippen molar-refractivity contribution in [3.63, 3.8) is 0 Å². The lowest BCUT2D eigenvalue weighted by Gasteiger charge is -2.33. The van der Waals surface area contributed by atoms with E-state index in [0.717, 1.165) is 26.2 Å². The maximum atomic E-state index is 13.0. The van der Waals surface area contributed by atoms with Gasteiger partial charge in [0.05, 0.1) is 18.1 Å². The summed E-state index contributed by atoms with van der Waals surface area (Å²) in [6.45, 7) is 3.55. The summed E-state index contributed by atoms with van der Waals surface area (Å²) in [7, 11) is 3.68. The van der Waals surface area contributed by atoms with Crippen molar-refractivity contribution in [3.05, 3.63) is 48.3 Å². The van der Waals surface area contributed by atoms with Crippen LogP contribution in [0.2, 0.25) is 0 Å². The highest BCUT2D eigenvalue weighted by Gasteiger charge is 2.21. The molecule has 2 amide bonds. The molecule has 0 radical (unpaired) electrons. The number of hydrogen-bond acceptors (Lipinski definition) is 6. The lowest BCUT2D eigenvalue weighted by atomic mass is 10.2. The molecule has 0 bridgehead atoms. The Labute approximate surface area is 173 Å². The standard InChI is InChI=1S/C21H23FN6O2/c1-27-9-11-28(12-10-27)19-20(30-2)26-17-8-7-16(13-18(17)25-19)24-21(29)23-15-5-3-14(22)4-6-15/h3-8,13H,9-12H2,1-2H3,(H2,23,24,29). The number of likely N-dealkylation sites (N-methyl/N-ethyl adjacent to an activating group) is 1. The quantitative estimate of drug-likeness (QED) is 0.688. The number of fused-ring (bicyclic) bond motifs is 1. The second kappa shape index (κ2) is 8.50. The highest BCUT2D eigenvalue weighted by atomic mass is 19.1. The van der Waals surface area contributed by atoms with E-state index in [2.05, 4.69) is 32.5 Å². The van der Waals surface area contributed by atoms with Crippen LogP contribution in [0.4, 0.5) is 26.4 Å². The van der Waals surface area contributed by atoms with Crippen molar-refractivity contribution in [3.8, 4) is 5.88 Å². The van der Waals surface area contributed by atoms with E-state index in [9.17, 15) is 9.18 Å². The fraction of sp³-hybridized carbons (Fsp3) is 0.286. The van der Waals surface area contributed by atoms with Crippen LogP contribution in [0.5, 0.6) is 5.88 Å². The molecule has 1 saturated heterocycles. The van der Waals surface area contributed by atoms with Crippen LogP contribution in [0.25, 0.3) is 11.0 Å². The van der Waals surface area contributed by atoms with Crippen LogP contribution in [0.3, 0.4) is 0 Å². The van der Waals surface area contributed by atoms with Crippen molar-refractivity contribution in [1.29, 1.82) is 0 Å². The fourth-order valence-corrected chi connectivity index (χ4v) is 3.29. The van der Waals surface area contributed by atoms with Gasteiger partial charge in [-0.25, -0.2) is 19.2 Å². The van der Waals surface area contributed by atoms with Gasteiger partial charge in [-0.15, -0.1) is 0 Å². The third kappa shape index (κ3) is 4.41. The third-order valence-corrected chi connectivity index (χ3v) is 4.97. The number of methoxy groups -OCH3 is 1. The van der Waals surface area contributed by atoms with Gasteiger partial charge in [0.25, 0.3) is 5.88 Å². The summed E-state index contributed by atoms with van der Waals surface area (Å²) in [4.78, 5) is 26.0. The van der Waals surface area contributed by atoms with Crippen molar-refractivity contribution < 1.29 is 13.9 Å². The van der Waals surface area contributed by atoms with Crippen LogP contribution >= 0.6 is 0 Å². The number of urea groups is 1. The molecule has 0 saturated carbocycles. The number of rotatable bonds is 4. The molecule has 2 aromatic carbocycles. The highest BCUT2D eigenvalue weighted by Crippen LogP contribution is 2.28. The summed E-state index contributed by atoms with van der Waals surface area (Å²) < 4.78 is 18.5. The van der Waals surface area contributed by atoms with Gasteiger partial charge in [-0.1, -0.05) is 0 Å². The van der Waals surface area contributed by atoms with Gasteiger partial charge in [-0.2, -0.15) is 0 Å². The normalized spacial score (nSPS) is 14.6. The van der Waals surface area contributed by atoms with Gasteiger partial charge in [-0.3, -0.25) is 0 Å². The Morgan fingerprint density at radius 3 is 2.33 bits per heavy atom. The minimum Gasteiger partial charge on any atom is -0.478 e. The number of carbonyl (C=O) groups is 1. The van der Waals surface area contributed by atoms with Crippen LogP contribution in [0.1, 0.15) is 0 Å². The molecule has 0 atom stereocenters. The van der Waals surface area contributed by atoms with E-state index in [1.54, 1.807) is 25.3 Å². The molecular formula is C21H23FN6O2. The molecule has 8 nitrogen and oxygen atoms in total. The molecule has 2 heterocycles.